The van der Waals surface area contributed by atoms with E-state index in [1.807, 2.05) is 0 Å². The summed E-state index contributed by atoms with van der Waals surface area (Å²) in [6, 6.07) is 0.569. The highest BCUT2D eigenvalue weighted by Crippen LogP contribution is 2.36. The smallest absolute Gasteiger partial charge is 0.0834 e. The highest BCUT2D eigenvalue weighted by atomic mass is 16.5. The summed E-state index contributed by atoms with van der Waals surface area (Å²) in [5, 5.41) is 3.82. The first kappa shape index (κ1) is 18.0. The fraction of sp³-hybridized carbons (Fsp3) is 1.00. The van der Waals surface area contributed by atoms with Crippen LogP contribution in [0.4, 0.5) is 0 Å². The van der Waals surface area contributed by atoms with Gasteiger partial charge in [0, 0.05) is 12.6 Å². The van der Waals surface area contributed by atoms with Gasteiger partial charge in [-0.15, -0.1) is 0 Å². The van der Waals surface area contributed by atoms with E-state index in [9.17, 15) is 0 Å². The van der Waals surface area contributed by atoms with Gasteiger partial charge in [-0.1, -0.05) is 58.8 Å². The van der Waals surface area contributed by atoms with E-state index in [1.165, 1.54) is 70.6 Å². The van der Waals surface area contributed by atoms with Crippen LogP contribution >= 0.6 is 0 Å². The van der Waals surface area contributed by atoms with E-state index >= 15 is 0 Å². The normalized spacial score (nSPS) is 19.9. The van der Waals surface area contributed by atoms with E-state index in [0.717, 1.165) is 13.2 Å². The van der Waals surface area contributed by atoms with Crippen LogP contribution in [0.5, 0.6) is 0 Å². The molecule has 0 amide bonds. The third-order valence-corrected chi connectivity index (χ3v) is 4.75. The summed E-state index contributed by atoms with van der Waals surface area (Å²) in [5.41, 5.74) is 0.133. The topological polar surface area (TPSA) is 21.3 Å². The molecular weight excluding hydrogens is 246 g/mol. The van der Waals surface area contributed by atoms with Gasteiger partial charge in [-0.05, 0) is 39.2 Å². The average molecular weight is 284 g/mol. The van der Waals surface area contributed by atoms with Crippen molar-refractivity contribution in [2.75, 3.05) is 13.2 Å². The molecule has 0 aliphatic heterocycles. The van der Waals surface area contributed by atoms with Gasteiger partial charge >= 0.3 is 0 Å². The number of rotatable bonds is 11. The van der Waals surface area contributed by atoms with Gasteiger partial charge in [-0.3, -0.25) is 0 Å². The van der Waals surface area contributed by atoms with Crippen LogP contribution in [0.1, 0.15) is 91.4 Å². The molecular formula is C18H37NO. The lowest BCUT2D eigenvalue weighted by Gasteiger charge is -2.44. The maximum Gasteiger partial charge on any atom is 0.0834 e. The minimum atomic E-state index is 0.133. The van der Waals surface area contributed by atoms with Crippen LogP contribution in [-0.4, -0.2) is 24.8 Å². The molecule has 0 spiro atoms. The Bertz CT molecular complexity index is 218. The Labute approximate surface area is 127 Å². The van der Waals surface area contributed by atoms with E-state index in [0.29, 0.717) is 6.04 Å². The Hall–Kier alpha value is -0.0800. The van der Waals surface area contributed by atoms with Gasteiger partial charge < -0.3 is 10.1 Å². The number of hydrogen-bond donors (Lipinski definition) is 1. The zero-order valence-corrected chi connectivity index (χ0v) is 14.2. The molecule has 1 fully saturated rings. The van der Waals surface area contributed by atoms with Crippen molar-refractivity contribution < 1.29 is 4.74 Å². The Morgan fingerprint density at radius 2 is 1.70 bits per heavy atom. The van der Waals surface area contributed by atoms with Gasteiger partial charge in [-0.25, -0.2) is 0 Å². The molecule has 0 aromatic rings. The fourth-order valence-corrected chi connectivity index (χ4v) is 3.68. The van der Waals surface area contributed by atoms with Gasteiger partial charge in [0.05, 0.1) is 5.60 Å². The van der Waals surface area contributed by atoms with Crippen molar-refractivity contribution >= 4 is 0 Å². The van der Waals surface area contributed by atoms with Crippen molar-refractivity contribution in [3.63, 3.8) is 0 Å². The van der Waals surface area contributed by atoms with E-state index in [1.54, 1.807) is 0 Å². The van der Waals surface area contributed by atoms with Crippen molar-refractivity contribution in [1.29, 1.82) is 0 Å². The molecule has 1 aliphatic carbocycles. The third-order valence-electron chi connectivity index (χ3n) is 4.75. The summed E-state index contributed by atoms with van der Waals surface area (Å²) in [6.45, 7) is 8.70. The van der Waals surface area contributed by atoms with Gasteiger partial charge in [0.1, 0.15) is 0 Å². The zero-order chi connectivity index (χ0) is 14.7. The number of nitrogens with one attached hydrogen (secondary N) is 1. The molecule has 2 nitrogen and oxygen atoms in total. The summed E-state index contributed by atoms with van der Waals surface area (Å²) in [6.07, 6.45) is 14.5. The molecule has 2 heteroatoms. The molecule has 0 heterocycles. The molecule has 0 saturated heterocycles. The van der Waals surface area contributed by atoms with Crippen LogP contribution in [-0.2, 0) is 4.74 Å². The molecule has 0 radical (unpaired) electrons. The standard InChI is InChI=1S/C18H37NO/c1-4-7-8-10-13-17(19-16-5-2)18(20-6-3)14-11-9-12-15-18/h17,19H,4-16H2,1-3H3. The van der Waals surface area contributed by atoms with Gasteiger partial charge in [-0.2, -0.15) is 0 Å². The molecule has 0 aromatic heterocycles. The van der Waals surface area contributed by atoms with Crippen molar-refractivity contribution in [1.82, 2.24) is 5.32 Å². The van der Waals surface area contributed by atoms with Crippen LogP contribution in [0, 0.1) is 0 Å². The Kier molecular flexibility index (Phi) is 9.54. The molecule has 20 heavy (non-hydrogen) atoms. The summed E-state index contributed by atoms with van der Waals surface area (Å²) >= 11 is 0. The number of ether oxygens (including phenoxy) is 1. The number of unbranched alkanes of at least 4 members (excludes halogenated alkanes) is 3. The first-order valence-electron chi connectivity index (χ1n) is 9.16. The SMILES string of the molecule is CCCCCCC(NCCC)C1(OCC)CCCCC1. The first-order chi connectivity index (χ1) is 9.79. The van der Waals surface area contributed by atoms with Gasteiger partial charge in [0.2, 0.25) is 0 Å². The minimum absolute atomic E-state index is 0.133. The quantitative estimate of drug-likeness (QED) is 0.535. The lowest BCUT2D eigenvalue weighted by atomic mass is 9.77. The largest absolute Gasteiger partial charge is 0.374 e. The van der Waals surface area contributed by atoms with Crippen LogP contribution in [0.15, 0.2) is 0 Å². The molecule has 1 aliphatic rings. The van der Waals surface area contributed by atoms with Crippen LogP contribution in [0.3, 0.4) is 0 Å². The molecule has 1 N–H and O–H groups in total. The minimum Gasteiger partial charge on any atom is -0.374 e. The Morgan fingerprint density at radius 1 is 0.950 bits per heavy atom. The monoisotopic (exact) mass is 283 g/mol. The fourth-order valence-electron chi connectivity index (χ4n) is 3.68. The molecule has 120 valence electrons. The van der Waals surface area contributed by atoms with Crippen LogP contribution < -0.4 is 5.32 Å². The summed E-state index contributed by atoms with van der Waals surface area (Å²) in [5.74, 6) is 0. The van der Waals surface area contributed by atoms with E-state index in [2.05, 4.69) is 26.1 Å². The second-order valence-corrected chi connectivity index (χ2v) is 6.41. The lowest BCUT2D eigenvalue weighted by molar-refractivity contribution is -0.0918. The lowest BCUT2D eigenvalue weighted by Crippen LogP contribution is -2.54. The molecule has 1 saturated carbocycles. The van der Waals surface area contributed by atoms with Crippen LogP contribution in [0.25, 0.3) is 0 Å². The highest BCUT2D eigenvalue weighted by molar-refractivity contribution is 4.95. The van der Waals surface area contributed by atoms with Gasteiger partial charge in [0.25, 0.3) is 0 Å². The summed E-state index contributed by atoms with van der Waals surface area (Å²) in [7, 11) is 0. The predicted molar refractivity (Wildman–Crippen MR) is 88.3 cm³/mol. The second-order valence-electron chi connectivity index (χ2n) is 6.41. The van der Waals surface area contributed by atoms with Crippen molar-refractivity contribution in [3.05, 3.63) is 0 Å². The molecule has 1 rings (SSSR count). The van der Waals surface area contributed by atoms with Crippen molar-refractivity contribution in [2.45, 2.75) is 103 Å². The van der Waals surface area contributed by atoms with Crippen molar-refractivity contribution in [3.8, 4) is 0 Å². The molecule has 0 bridgehead atoms. The number of hydrogen-bond acceptors (Lipinski definition) is 2. The van der Waals surface area contributed by atoms with Crippen LogP contribution in [0.2, 0.25) is 0 Å². The molecule has 0 aromatic carbocycles. The maximum atomic E-state index is 6.32. The van der Waals surface area contributed by atoms with Gasteiger partial charge in [0.15, 0.2) is 0 Å². The highest BCUT2D eigenvalue weighted by Gasteiger charge is 2.39. The third kappa shape index (κ3) is 5.73. The Morgan fingerprint density at radius 3 is 2.30 bits per heavy atom. The van der Waals surface area contributed by atoms with E-state index in [-0.39, 0.29) is 5.60 Å². The molecule has 1 unspecified atom stereocenters. The zero-order valence-electron chi connectivity index (χ0n) is 14.2. The summed E-state index contributed by atoms with van der Waals surface area (Å²) < 4.78 is 6.32. The van der Waals surface area contributed by atoms with E-state index < -0.39 is 0 Å². The van der Waals surface area contributed by atoms with E-state index in [4.69, 9.17) is 4.74 Å². The Balaban J connectivity index is 2.59. The maximum absolute atomic E-state index is 6.32. The summed E-state index contributed by atoms with van der Waals surface area (Å²) in [4.78, 5) is 0. The second kappa shape index (κ2) is 10.6. The molecule has 1 atom stereocenters. The van der Waals surface area contributed by atoms with Crippen molar-refractivity contribution in [2.24, 2.45) is 0 Å². The first-order valence-corrected chi connectivity index (χ1v) is 9.16. The average Bonchev–Trinajstić information content (AvgIpc) is 2.47. The predicted octanol–water partition coefficient (Wildman–Crippen LogP) is 5.06.